The highest BCUT2D eigenvalue weighted by Crippen LogP contribution is 2.37. The molecule has 0 spiro atoms. The summed E-state index contributed by atoms with van der Waals surface area (Å²) < 4.78 is 37.7. The fourth-order valence-electron chi connectivity index (χ4n) is 3.69. The van der Waals surface area contributed by atoms with Gasteiger partial charge in [0.15, 0.2) is 0 Å². The van der Waals surface area contributed by atoms with Gasteiger partial charge in [-0.1, -0.05) is 39.0 Å². The zero-order valence-electron chi connectivity index (χ0n) is 21.0. The van der Waals surface area contributed by atoms with E-state index in [1.54, 1.807) is 37.6 Å². The van der Waals surface area contributed by atoms with Gasteiger partial charge in [0.05, 0.1) is 32.2 Å². The van der Waals surface area contributed by atoms with Crippen LogP contribution in [0.2, 0.25) is 0 Å². The van der Waals surface area contributed by atoms with Crippen molar-refractivity contribution in [2.24, 2.45) is 0 Å². The number of anilines is 1. The summed E-state index contributed by atoms with van der Waals surface area (Å²) >= 11 is 0. The first-order valence-electron chi connectivity index (χ1n) is 11.0. The van der Waals surface area contributed by atoms with E-state index in [1.807, 2.05) is 32.9 Å². The summed E-state index contributed by atoms with van der Waals surface area (Å²) in [6, 6.07) is 8.30. The van der Waals surface area contributed by atoms with Crippen LogP contribution in [0, 0.1) is 0 Å². The maximum atomic E-state index is 12.5. The Morgan fingerprint density at radius 3 is 2.36 bits per heavy atom. The number of aromatic nitrogens is 2. The van der Waals surface area contributed by atoms with Gasteiger partial charge in [0.25, 0.3) is 5.56 Å². The van der Waals surface area contributed by atoms with Crippen LogP contribution in [0.4, 0.5) is 5.69 Å². The Labute approximate surface area is 210 Å². The third-order valence-electron chi connectivity index (χ3n) is 5.32. The van der Waals surface area contributed by atoms with Crippen LogP contribution >= 0.6 is 0 Å². The first-order valence-corrected chi connectivity index (χ1v) is 12.9. The predicted octanol–water partition coefficient (Wildman–Crippen LogP) is 3.87. The number of carbonyl (C=O) groups is 1. The molecule has 3 aromatic rings. The van der Waals surface area contributed by atoms with E-state index in [9.17, 15) is 18.0 Å². The van der Waals surface area contributed by atoms with Gasteiger partial charge in [-0.05, 0) is 35.2 Å². The number of benzene rings is 2. The Kier molecular flexibility index (Phi) is 7.68. The maximum absolute atomic E-state index is 12.5. The molecular formula is C26H29N3O6S. The lowest BCUT2D eigenvalue weighted by molar-refractivity contribution is 0.0600. The van der Waals surface area contributed by atoms with Crippen molar-refractivity contribution in [3.8, 4) is 11.4 Å². The summed E-state index contributed by atoms with van der Waals surface area (Å²) in [5.74, 6) is 0.00539. The van der Waals surface area contributed by atoms with Crippen molar-refractivity contribution in [1.29, 1.82) is 0 Å². The number of rotatable bonds is 7. The Hall–Kier alpha value is -3.92. The van der Waals surface area contributed by atoms with Crippen LogP contribution < -0.4 is 15.0 Å². The van der Waals surface area contributed by atoms with Crippen molar-refractivity contribution in [1.82, 2.24) is 9.55 Å². The molecule has 0 unspecified atom stereocenters. The van der Waals surface area contributed by atoms with Crippen molar-refractivity contribution in [2.45, 2.75) is 26.2 Å². The van der Waals surface area contributed by atoms with Crippen molar-refractivity contribution < 1.29 is 22.7 Å². The fourth-order valence-corrected chi connectivity index (χ4v) is 4.24. The molecule has 0 radical (unpaired) electrons. The number of methoxy groups -OCH3 is 2. The fraction of sp³-hybridized carbons (Fsp3) is 0.269. The molecule has 0 saturated heterocycles. The average molecular weight is 512 g/mol. The SMILES string of the molecule is COC(=O)c1cc(NS(C)(=O)=O)ccc1/C=C/c1cc(-n2ccncc2=O)cc(C(C)(C)C)c1OC. The molecule has 0 amide bonds. The molecule has 0 bridgehead atoms. The number of nitrogens with zero attached hydrogens (tertiary/aromatic N) is 2. The van der Waals surface area contributed by atoms with Crippen LogP contribution in [0.5, 0.6) is 5.75 Å². The smallest absolute Gasteiger partial charge is 0.338 e. The second kappa shape index (κ2) is 10.4. The summed E-state index contributed by atoms with van der Waals surface area (Å²) in [6.07, 6.45) is 8.87. The number of hydrogen-bond acceptors (Lipinski definition) is 7. The number of nitrogens with one attached hydrogen (secondary N) is 1. The molecule has 0 aliphatic heterocycles. The highest BCUT2D eigenvalue weighted by molar-refractivity contribution is 7.92. The Bertz CT molecular complexity index is 1480. The standard InChI is InChI=1S/C26H29N3O6S/c1-26(2,3)22-15-20(29-12-11-27-16-23(29)30)13-18(24(22)34-4)8-7-17-9-10-19(28-36(6,32)33)14-21(17)25(31)35-5/h7-16,28H,1-6H3/b8-7+. The molecule has 190 valence electrons. The predicted molar refractivity (Wildman–Crippen MR) is 140 cm³/mol. The van der Waals surface area contributed by atoms with Crippen LogP contribution in [-0.4, -0.2) is 44.4 Å². The Morgan fingerprint density at radius 2 is 1.78 bits per heavy atom. The highest BCUT2D eigenvalue weighted by Gasteiger charge is 2.23. The first-order chi connectivity index (χ1) is 16.8. The summed E-state index contributed by atoms with van der Waals surface area (Å²) in [5, 5.41) is 0. The molecule has 1 N–H and O–H groups in total. The lowest BCUT2D eigenvalue weighted by Gasteiger charge is -2.25. The average Bonchev–Trinajstić information content (AvgIpc) is 2.80. The lowest BCUT2D eigenvalue weighted by atomic mass is 9.84. The monoisotopic (exact) mass is 511 g/mol. The van der Waals surface area contributed by atoms with Crippen molar-refractivity contribution in [3.63, 3.8) is 0 Å². The first kappa shape index (κ1) is 26.7. The van der Waals surface area contributed by atoms with E-state index in [1.165, 1.54) is 30.1 Å². The number of carbonyl (C=O) groups excluding carboxylic acids is 1. The van der Waals surface area contributed by atoms with E-state index < -0.39 is 16.0 Å². The van der Waals surface area contributed by atoms with Crippen LogP contribution in [-0.2, 0) is 20.2 Å². The highest BCUT2D eigenvalue weighted by atomic mass is 32.2. The molecule has 0 atom stereocenters. The molecule has 36 heavy (non-hydrogen) atoms. The summed E-state index contributed by atoms with van der Waals surface area (Å²) in [5.41, 5.74) is 2.53. The van der Waals surface area contributed by atoms with E-state index in [-0.39, 0.29) is 22.2 Å². The molecular weight excluding hydrogens is 482 g/mol. The second-order valence-corrected chi connectivity index (χ2v) is 10.9. The van der Waals surface area contributed by atoms with Crippen LogP contribution in [0.25, 0.3) is 17.8 Å². The van der Waals surface area contributed by atoms with Gasteiger partial charge in [-0.25, -0.2) is 13.2 Å². The third-order valence-corrected chi connectivity index (χ3v) is 5.93. The van der Waals surface area contributed by atoms with Gasteiger partial charge >= 0.3 is 5.97 Å². The van der Waals surface area contributed by atoms with Gasteiger partial charge in [-0.15, -0.1) is 0 Å². The van der Waals surface area contributed by atoms with Gasteiger partial charge < -0.3 is 9.47 Å². The Morgan fingerprint density at radius 1 is 1.08 bits per heavy atom. The molecule has 2 aromatic carbocycles. The molecule has 10 heteroatoms. The topological polar surface area (TPSA) is 117 Å². The number of esters is 1. The molecule has 0 aliphatic carbocycles. The summed E-state index contributed by atoms with van der Waals surface area (Å²) in [6.45, 7) is 6.13. The van der Waals surface area contributed by atoms with Gasteiger partial charge in [0.1, 0.15) is 5.75 Å². The largest absolute Gasteiger partial charge is 0.496 e. The molecule has 0 fully saturated rings. The van der Waals surface area contributed by atoms with Crippen LogP contribution in [0.3, 0.4) is 0 Å². The summed E-state index contributed by atoms with van der Waals surface area (Å²) in [7, 11) is -0.700. The van der Waals surface area contributed by atoms with Gasteiger partial charge in [-0.3, -0.25) is 19.1 Å². The maximum Gasteiger partial charge on any atom is 0.338 e. The van der Waals surface area contributed by atoms with E-state index in [4.69, 9.17) is 9.47 Å². The number of sulfonamides is 1. The minimum absolute atomic E-state index is 0.180. The molecule has 3 rings (SSSR count). The van der Waals surface area contributed by atoms with Crippen LogP contribution in [0.1, 0.15) is 47.8 Å². The zero-order valence-corrected chi connectivity index (χ0v) is 21.8. The molecule has 0 aliphatic rings. The number of hydrogen-bond donors (Lipinski definition) is 1. The van der Waals surface area contributed by atoms with Gasteiger partial charge in [-0.2, -0.15) is 0 Å². The molecule has 1 heterocycles. The quantitative estimate of drug-likeness (QED) is 0.378. The lowest BCUT2D eigenvalue weighted by Crippen LogP contribution is -2.19. The molecule has 9 nitrogen and oxygen atoms in total. The third kappa shape index (κ3) is 6.19. The van der Waals surface area contributed by atoms with Crippen molar-refractivity contribution in [2.75, 3.05) is 25.2 Å². The Balaban J connectivity index is 2.20. The van der Waals surface area contributed by atoms with Gasteiger partial charge in [0, 0.05) is 34.9 Å². The van der Waals surface area contributed by atoms with E-state index >= 15 is 0 Å². The normalized spacial score (nSPS) is 11.9. The van der Waals surface area contributed by atoms with Crippen molar-refractivity contribution >= 4 is 33.8 Å². The van der Waals surface area contributed by atoms with Gasteiger partial charge in [0.2, 0.25) is 10.0 Å². The van der Waals surface area contributed by atoms with Crippen LogP contribution in [0.15, 0.2) is 53.7 Å². The van der Waals surface area contributed by atoms with E-state index in [0.717, 1.165) is 11.8 Å². The van der Waals surface area contributed by atoms with E-state index in [2.05, 4.69) is 9.71 Å². The second-order valence-electron chi connectivity index (χ2n) is 9.15. The van der Waals surface area contributed by atoms with Crippen molar-refractivity contribution in [3.05, 3.63) is 81.5 Å². The summed E-state index contributed by atoms with van der Waals surface area (Å²) in [4.78, 5) is 28.8. The number of ether oxygens (including phenoxy) is 2. The molecule has 1 aromatic heterocycles. The van der Waals surface area contributed by atoms with E-state index in [0.29, 0.717) is 22.6 Å². The zero-order chi connectivity index (χ0) is 26.7. The minimum atomic E-state index is -3.53. The minimum Gasteiger partial charge on any atom is -0.496 e. The molecule has 0 saturated carbocycles.